The monoisotopic (exact) mass is 462 g/mol. The number of nitrogens with zero attached hydrogens (tertiary/aromatic N) is 3. The summed E-state index contributed by atoms with van der Waals surface area (Å²) in [6, 6.07) is 5.37. The zero-order chi connectivity index (χ0) is 23.7. The molecular formula is C23H22F4N4O2. The summed E-state index contributed by atoms with van der Waals surface area (Å²) in [6.07, 6.45) is -1.15. The van der Waals surface area contributed by atoms with Gasteiger partial charge in [-0.2, -0.15) is 5.10 Å². The van der Waals surface area contributed by atoms with Gasteiger partial charge in [-0.25, -0.2) is 22.2 Å². The molecule has 1 fully saturated rings. The predicted molar refractivity (Wildman–Crippen MR) is 115 cm³/mol. The maximum absolute atomic E-state index is 14.2. The van der Waals surface area contributed by atoms with Gasteiger partial charge in [-0.05, 0) is 37.3 Å². The van der Waals surface area contributed by atoms with Crippen LogP contribution in [0.3, 0.4) is 0 Å². The highest BCUT2D eigenvalue weighted by Gasteiger charge is 2.53. The molecule has 1 saturated carbocycles. The highest BCUT2D eigenvalue weighted by Crippen LogP contribution is 2.48. The van der Waals surface area contributed by atoms with Crippen molar-refractivity contribution in [1.82, 2.24) is 14.3 Å². The molecule has 2 aromatic heterocycles. The summed E-state index contributed by atoms with van der Waals surface area (Å²) in [5.41, 5.74) is -1.52. The van der Waals surface area contributed by atoms with E-state index < -0.39 is 35.0 Å². The van der Waals surface area contributed by atoms with Crippen LogP contribution in [0.1, 0.15) is 48.9 Å². The van der Waals surface area contributed by atoms with E-state index in [9.17, 15) is 27.2 Å². The zero-order valence-corrected chi connectivity index (χ0v) is 18.0. The second-order valence-corrected chi connectivity index (χ2v) is 8.93. The normalized spacial score (nSPS) is 19.0. The molecule has 5 rings (SSSR count). The fraction of sp³-hybridized carbons (Fsp3) is 0.435. The van der Waals surface area contributed by atoms with Gasteiger partial charge in [0.25, 0.3) is 23.5 Å². The lowest BCUT2D eigenvalue weighted by atomic mass is 9.97. The number of aromatic nitrogens is 3. The number of benzene rings is 1. The summed E-state index contributed by atoms with van der Waals surface area (Å²) in [6.45, 7) is 1.78. The number of rotatable bonds is 5. The molecule has 1 atom stereocenters. The highest BCUT2D eigenvalue weighted by molar-refractivity contribution is 5.90. The molecule has 2 heterocycles. The van der Waals surface area contributed by atoms with Gasteiger partial charge in [0.05, 0.1) is 11.4 Å². The number of alkyl halides is 4. The first kappa shape index (κ1) is 21.7. The molecular weight excluding hydrogens is 440 g/mol. The van der Waals surface area contributed by atoms with Crippen molar-refractivity contribution < 1.29 is 17.6 Å². The highest BCUT2D eigenvalue weighted by atomic mass is 19.3. The first-order valence-electron chi connectivity index (χ1n) is 10.7. The molecule has 1 aromatic carbocycles. The number of aryl methyl sites for hydroxylation is 1. The molecule has 0 saturated heterocycles. The fourth-order valence-electron chi connectivity index (χ4n) is 4.80. The lowest BCUT2D eigenvalue weighted by Gasteiger charge is -2.22. The Hall–Kier alpha value is -3.17. The third-order valence-electron chi connectivity index (χ3n) is 6.85. The van der Waals surface area contributed by atoms with E-state index in [-0.39, 0.29) is 47.8 Å². The quantitative estimate of drug-likeness (QED) is 0.581. The molecule has 10 heteroatoms. The number of fused-ring (bicyclic) bond motifs is 2. The van der Waals surface area contributed by atoms with E-state index >= 15 is 0 Å². The summed E-state index contributed by atoms with van der Waals surface area (Å²) in [5.74, 6) is -2.67. The van der Waals surface area contributed by atoms with Gasteiger partial charge in [0.2, 0.25) is 0 Å². The number of hydrogen-bond acceptors (Lipinski definition) is 4. The van der Waals surface area contributed by atoms with Crippen LogP contribution in [0.5, 0.6) is 0 Å². The SMILES string of the molecule is C[C@@H](Nc1nn(C)c(=O)c2cc(=O)n(C3(C(F)F)CC3)cc12)c1cccc2c1CCC2(F)F. The maximum Gasteiger partial charge on any atom is 0.274 e. The summed E-state index contributed by atoms with van der Waals surface area (Å²) >= 11 is 0. The van der Waals surface area contributed by atoms with Crippen molar-refractivity contribution in [2.75, 3.05) is 5.32 Å². The molecule has 174 valence electrons. The van der Waals surface area contributed by atoms with Gasteiger partial charge in [-0.3, -0.25) is 9.59 Å². The van der Waals surface area contributed by atoms with E-state index in [2.05, 4.69) is 10.4 Å². The average molecular weight is 462 g/mol. The van der Waals surface area contributed by atoms with Crippen LogP contribution in [0, 0.1) is 0 Å². The first-order chi connectivity index (χ1) is 15.5. The van der Waals surface area contributed by atoms with Gasteiger partial charge < -0.3 is 9.88 Å². The zero-order valence-electron chi connectivity index (χ0n) is 18.0. The molecule has 3 aromatic rings. The van der Waals surface area contributed by atoms with Gasteiger partial charge in [-0.15, -0.1) is 0 Å². The molecule has 0 aliphatic heterocycles. The van der Waals surface area contributed by atoms with Crippen LogP contribution in [-0.2, 0) is 24.9 Å². The summed E-state index contributed by atoms with van der Waals surface area (Å²) in [5, 5.41) is 7.69. The van der Waals surface area contributed by atoms with Crippen LogP contribution < -0.4 is 16.4 Å². The molecule has 2 aliphatic carbocycles. The molecule has 6 nitrogen and oxygen atoms in total. The van der Waals surface area contributed by atoms with Crippen molar-refractivity contribution in [2.24, 2.45) is 7.05 Å². The Kier molecular flexibility index (Phi) is 4.70. The Morgan fingerprint density at radius 1 is 1.12 bits per heavy atom. The Balaban J connectivity index is 1.62. The smallest absolute Gasteiger partial charge is 0.274 e. The van der Waals surface area contributed by atoms with Crippen molar-refractivity contribution in [3.05, 3.63) is 67.9 Å². The van der Waals surface area contributed by atoms with Crippen molar-refractivity contribution in [1.29, 1.82) is 0 Å². The van der Waals surface area contributed by atoms with Gasteiger partial charge in [-0.1, -0.05) is 18.2 Å². The lowest BCUT2D eigenvalue weighted by Crippen LogP contribution is -2.36. The third kappa shape index (κ3) is 3.26. The van der Waals surface area contributed by atoms with Crippen LogP contribution in [0.2, 0.25) is 0 Å². The van der Waals surface area contributed by atoms with Crippen LogP contribution in [0.15, 0.2) is 40.1 Å². The second-order valence-electron chi connectivity index (χ2n) is 8.93. The van der Waals surface area contributed by atoms with E-state index in [4.69, 9.17) is 0 Å². The van der Waals surface area contributed by atoms with E-state index in [1.807, 2.05) is 0 Å². The van der Waals surface area contributed by atoms with E-state index in [0.29, 0.717) is 11.1 Å². The summed E-state index contributed by atoms with van der Waals surface area (Å²) in [4.78, 5) is 25.2. The molecule has 0 amide bonds. The third-order valence-corrected chi connectivity index (χ3v) is 6.85. The minimum Gasteiger partial charge on any atom is -0.362 e. The second kappa shape index (κ2) is 7.16. The van der Waals surface area contributed by atoms with E-state index in [1.165, 1.54) is 19.3 Å². The summed E-state index contributed by atoms with van der Waals surface area (Å²) in [7, 11) is 1.42. The molecule has 0 radical (unpaired) electrons. The van der Waals surface area contributed by atoms with Crippen molar-refractivity contribution >= 4 is 16.6 Å². The molecule has 33 heavy (non-hydrogen) atoms. The Morgan fingerprint density at radius 3 is 2.52 bits per heavy atom. The average Bonchev–Trinajstić information content (AvgIpc) is 3.51. The van der Waals surface area contributed by atoms with Crippen LogP contribution in [-0.4, -0.2) is 20.8 Å². The Bertz CT molecular complexity index is 1390. The number of nitrogens with one attached hydrogen (secondary N) is 1. The van der Waals surface area contributed by atoms with E-state index in [1.54, 1.807) is 19.1 Å². The molecule has 2 aliphatic rings. The predicted octanol–water partition coefficient (Wildman–Crippen LogP) is 4.06. The lowest BCUT2D eigenvalue weighted by molar-refractivity contribution is -0.00184. The minimum absolute atomic E-state index is 0.00776. The molecule has 1 N–H and O–H groups in total. The topological polar surface area (TPSA) is 68.9 Å². The number of anilines is 1. The van der Waals surface area contributed by atoms with E-state index in [0.717, 1.165) is 15.3 Å². The van der Waals surface area contributed by atoms with Gasteiger partial charge >= 0.3 is 0 Å². The van der Waals surface area contributed by atoms with Gasteiger partial charge in [0.15, 0.2) is 5.82 Å². The van der Waals surface area contributed by atoms with Crippen molar-refractivity contribution in [3.63, 3.8) is 0 Å². The summed E-state index contributed by atoms with van der Waals surface area (Å²) < 4.78 is 57.9. The molecule has 0 spiro atoms. The minimum atomic E-state index is -2.88. The van der Waals surface area contributed by atoms with Crippen LogP contribution in [0.4, 0.5) is 23.4 Å². The molecule has 0 bridgehead atoms. The van der Waals surface area contributed by atoms with Gasteiger partial charge in [0.1, 0.15) is 5.54 Å². The molecule has 0 unspecified atom stereocenters. The largest absolute Gasteiger partial charge is 0.362 e. The number of pyridine rings is 1. The van der Waals surface area contributed by atoms with Crippen LogP contribution >= 0.6 is 0 Å². The first-order valence-corrected chi connectivity index (χ1v) is 10.7. The Morgan fingerprint density at radius 2 is 1.85 bits per heavy atom. The van der Waals surface area contributed by atoms with Crippen LogP contribution in [0.25, 0.3) is 10.8 Å². The van der Waals surface area contributed by atoms with Gasteiger partial charge in [0, 0.05) is 36.7 Å². The standard InChI is InChI=1S/C23H22F4N4O2/c1-12(13-4-3-5-17-14(13)6-7-23(17,26)27)28-19-16-11-31(22(8-9-22)21(24)25)18(32)10-15(16)20(33)30(2)29-19/h3-5,10-12,21H,6-9H2,1-2H3,(H,28,29)/t12-/m1/s1. The Labute approximate surface area is 185 Å². The number of hydrogen-bond donors (Lipinski definition) is 1. The van der Waals surface area contributed by atoms with Crippen molar-refractivity contribution in [3.8, 4) is 0 Å². The maximum atomic E-state index is 14.2. The fourth-order valence-corrected chi connectivity index (χ4v) is 4.80. The number of halogens is 4. The van der Waals surface area contributed by atoms with Crippen molar-refractivity contribution in [2.45, 2.75) is 56.5 Å².